The predicted molar refractivity (Wildman–Crippen MR) is 109 cm³/mol. The van der Waals surface area contributed by atoms with Gasteiger partial charge in [-0.3, -0.25) is 0 Å². The van der Waals surface area contributed by atoms with Gasteiger partial charge in [-0.1, -0.05) is 24.3 Å². The molecule has 0 heterocycles. The number of carboxylic acids is 1. The van der Waals surface area contributed by atoms with Gasteiger partial charge in [-0.15, -0.1) is 0 Å². The summed E-state index contributed by atoms with van der Waals surface area (Å²) in [6.45, 7) is 2.56. The van der Waals surface area contributed by atoms with E-state index in [-0.39, 0.29) is 31.5 Å². The van der Waals surface area contributed by atoms with Gasteiger partial charge in [0.15, 0.2) is 6.10 Å². The predicted octanol–water partition coefficient (Wildman–Crippen LogP) is -1.03. The van der Waals surface area contributed by atoms with Crippen molar-refractivity contribution >= 4 is 16.1 Å². The van der Waals surface area contributed by atoms with E-state index in [1.807, 2.05) is 12.1 Å². The van der Waals surface area contributed by atoms with Crippen molar-refractivity contribution in [2.75, 3.05) is 19.5 Å². The maximum absolute atomic E-state index is 11.1. The third-order valence-electron chi connectivity index (χ3n) is 3.82. The number of benzene rings is 2. The van der Waals surface area contributed by atoms with Crippen LogP contribution in [0.2, 0.25) is 0 Å². The maximum Gasteiger partial charge on any atom is 1.00 e. The van der Waals surface area contributed by atoms with Crippen molar-refractivity contribution in [3.05, 3.63) is 59.7 Å². The number of hydrogen-bond acceptors (Lipinski definition) is 6. The molecule has 2 aromatic rings. The fourth-order valence-electron chi connectivity index (χ4n) is 2.53. The van der Waals surface area contributed by atoms with Gasteiger partial charge in [0.05, 0.1) is 12.9 Å². The summed E-state index contributed by atoms with van der Waals surface area (Å²) < 4.78 is 37.9. The molecule has 0 unspecified atom stereocenters. The zero-order valence-corrected chi connectivity index (χ0v) is 18.1. The van der Waals surface area contributed by atoms with Crippen LogP contribution in [0, 0.1) is 0 Å². The summed E-state index contributed by atoms with van der Waals surface area (Å²) in [5.41, 5.74) is 1.84. The van der Waals surface area contributed by atoms with Gasteiger partial charge in [0.25, 0.3) is 0 Å². The Morgan fingerprint density at radius 3 is 2.07 bits per heavy atom. The van der Waals surface area contributed by atoms with E-state index >= 15 is 0 Å². The molecule has 162 valence electrons. The molecular weight excluding hydrogens is 407 g/mol. The quantitative estimate of drug-likeness (QED) is 0.353. The number of aliphatic carboxylic acids is 1. The van der Waals surface area contributed by atoms with Crippen LogP contribution in [-0.2, 0) is 32.5 Å². The summed E-state index contributed by atoms with van der Waals surface area (Å²) in [5.74, 6) is -0.0197. The first-order valence-corrected chi connectivity index (χ1v) is 10.6. The molecule has 0 saturated carbocycles. The van der Waals surface area contributed by atoms with Gasteiger partial charge in [-0.05, 0) is 42.3 Å². The van der Waals surface area contributed by atoms with Crippen molar-refractivity contribution in [3.8, 4) is 11.5 Å². The Morgan fingerprint density at radius 2 is 1.57 bits per heavy atom. The maximum atomic E-state index is 11.1. The summed E-state index contributed by atoms with van der Waals surface area (Å²) in [4.78, 5) is 11.1. The van der Waals surface area contributed by atoms with Crippen molar-refractivity contribution in [2.24, 2.45) is 0 Å². The average molecular weight is 434 g/mol. The van der Waals surface area contributed by atoms with Crippen LogP contribution in [0.1, 0.15) is 19.5 Å². The molecule has 2 aromatic carbocycles. The van der Waals surface area contributed by atoms with Crippen LogP contribution in [0.25, 0.3) is 0 Å². The van der Waals surface area contributed by atoms with E-state index in [2.05, 4.69) is 0 Å². The van der Waals surface area contributed by atoms with E-state index in [0.29, 0.717) is 31.8 Å². The fourth-order valence-corrected chi connectivity index (χ4v) is 2.99. The average Bonchev–Trinajstić information content (AvgIpc) is 2.63. The normalized spacial score (nSPS) is 11.5. The van der Waals surface area contributed by atoms with Gasteiger partial charge >= 0.3 is 34.9 Å². The Bertz CT molecular complexity index is 873. The molecule has 2 rings (SSSR count). The molecule has 8 nitrogen and oxygen atoms in total. The van der Waals surface area contributed by atoms with Gasteiger partial charge < -0.3 is 25.7 Å². The molecule has 0 radical (unpaired) electrons. The molecule has 0 aliphatic heterocycles. The van der Waals surface area contributed by atoms with Crippen LogP contribution in [0.3, 0.4) is 0 Å². The van der Waals surface area contributed by atoms with Crippen LogP contribution in [-0.4, -0.2) is 50.5 Å². The molecule has 0 saturated heterocycles. The number of carbonyl (C=O) groups is 1. The largest absolute Gasteiger partial charge is 1.00 e. The minimum absolute atomic E-state index is 0. The van der Waals surface area contributed by atoms with Crippen molar-refractivity contribution in [1.82, 2.24) is 0 Å². The smallest absolute Gasteiger partial charge is 1.00 e. The van der Waals surface area contributed by atoms with Gasteiger partial charge in [0.2, 0.25) is 0 Å². The number of carboxylic acid groups (broad SMARTS) is 1. The van der Waals surface area contributed by atoms with Crippen molar-refractivity contribution in [2.45, 2.75) is 25.9 Å². The van der Waals surface area contributed by atoms with Crippen molar-refractivity contribution < 1.29 is 57.7 Å². The Hall–Kier alpha value is -2.02. The zero-order chi connectivity index (χ0) is 20.6. The van der Waals surface area contributed by atoms with E-state index in [0.717, 1.165) is 17.4 Å². The van der Waals surface area contributed by atoms with Crippen LogP contribution in [0.4, 0.5) is 0 Å². The fraction of sp³-hybridized carbons (Fsp3) is 0.350. The van der Waals surface area contributed by atoms with Crippen molar-refractivity contribution in [1.29, 1.82) is 0 Å². The van der Waals surface area contributed by atoms with Crippen molar-refractivity contribution in [3.63, 3.8) is 0 Å². The van der Waals surface area contributed by atoms with Crippen LogP contribution < -0.4 is 27.8 Å². The molecule has 1 atom stereocenters. The number of rotatable bonds is 11. The Morgan fingerprint density at radius 1 is 1.03 bits per heavy atom. The van der Waals surface area contributed by atoms with Crippen LogP contribution >= 0.6 is 0 Å². The second-order valence-corrected chi connectivity index (χ2v) is 7.74. The molecule has 0 bridgehead atoms. The van der Waals surface area contributed by atoms with E-state index in [9.17, 15) is 13.2 Å². The monoisotopic (exact) mass is 434 g/mol. The summed E-state index contributed by atoms with van der Waals surface area (Å²) >= 11 is 0. The van der Waals surface area contributed by atoms with Gasteiger partial charge in [-0.25, -0.2) is 4.79 Å². The molecule has 0 aliphatic carbocycles. The molecule has 3 N–H and O–H groups in total. The molecule has 0 amide bonds. The molecule has 0 fully saturated rings. The molecule has 30 heavy (non-hydrogen) atoms. The summed E-state index contributed by atoms with van der Waals surface area (Å²) in [5, 5.41) is 9.13. The van der Waals surface area contributed by atoms with Crippen LogP contribution in [0.5, 0.6) is 11.5 Å². The first-order chi connectivity index (χ1) is 13.3. The minimum Gasteiger partial charge on any atom is -1.00 e. The van der Waals surface area contributed by atoms with E-state index in [1.165, 1.54) is 0 Å². The molecule has 10 heteroatoms. The molecule has 0 spiro atoms. The first kappa shape index (κ1) is 28.0. The third kappa shape index (κ3) is 10.1. The van der Waals surface area contributed by atoms with Gasteiger partial charge in [-0.2, -0.15) is 8.42 Å². The number of hydrogen-bond donors (Lipinski definition) is 1. The standard InChI is InChI=1S/C20H24O7S.Li.H2O.H/c1-3-25-19(20(21)22)14-16-6-8-17(9-7-16)26-13-12-15-4-10-18(11-5-15)27-28(2,23)24;;;/h4-11,19H,3,12-14H2,1-2H3,(H,21,22);;1H2;/q;+1;;-1/t19-;;;/m0.../s1. The van der Waals surface area contributed by atoms with Crippen LogP contribution in [0.15, 0.2) is 48.5 Å². The molecule has 0 aromatic heterocycles. The Labute approximate surface area is 190 Å². The zero-order valence-electron chi connectivity index (χ0n) is 18.3. The molecule has 0 aliphatic rings. The topological polar surface area (TPSA) is 131 Å². The second-order valence-electron chi connectivity index (χ2n) is 6.16. The molecular formula is C20H27LiO8S. The van der Waals surface area contributed by atoms with E-state index in [1.54, 1.807) is 43.3 Å². The summed E-state index contributed by atoms with van der Waals surface area (Å²) in [6, 6.07) is 14.0. The van der Waals surface area contributed by atoms with Gasteiger partial charge in [0.1, 0.15) is 11.5 Å². The first-order valence-electron chi connectivity index (χ1n) is 8.81. The van der Waals surface area contributed by atoms with Gasteiger partial charge in [0, 0.05) is 19.4 Å². The summed E-state index contributed by atoms with van der Waals surface area (Å²) in [7, 11) is -3.53. The second kappa shape index (κ2) is 13.3. The van der Waals surface area contributed by atoms with E-state index in [4.69, 9.17) is 18.8 Å². The van der Waals surface area contributed by atoms with E-state index < -0.39 is 22.2 Å². The minimum atomic E-state index is -3.53. The number of ether oxygens (including phenoxy) is 2. The third-order valence-corrected chi connectivity index (χ3v) is 4.31. The summed E-state index contributed by atoms with van der Waals surface area (Å²) in [6.07, 6.45) is 1.09. The Kier molecular flexibility index (Phi) is 12.4. The Balaban J connectivity index is 0. The SMILES string of the molecule is CCO[C@@H](Cc1ccc(OCCc2ccc(OS(C)(=O)=O)cc2)cc1)C(=O)O.O.[H-].[Li+].